The minimum atomic E-state index is -4.68. The van der Waals surface area contributed by atoms with Gasteiger partial charge in [0.15, 0.2) is 0 Å². The van der Waals surface area contributed by atoms with E-state index in [-0.39, 0.29) is 16.7 Å². The van der Waals surface area contributed by atoms with Gasteiger partial charge in [-0.25, -0.2) is 8.42 Å². The summed E-state index contributed by atoms with van der Waals surface area (Å²) < 4.78 is 73.2. The van der Waals surface area contributed by atoms with Crippen molar-refractivity contribution >= 4 is 27.3 Å². The molecule has 1 fully saturated rings. The molecule has 0 aromatic heterocycles. The first-order valence-corrected chi connectivity index (χ1v) is 12.9. The molecule has 1 aliphatic carbocycles. The van der Waals surface area contributed by atoms with Crippen LogP contribution in [0.5, 0.6) is 5.75 Å². The van der Waals surface area contributed by atoms with E-state index in [1.165, 1.54) is 30.3 Å². The minimum absolute atomic E-state index is 0.149. The number of sulfonamides is 1. The highest BCUT2D eigenvalue weighted by molar-refractivity contribution is 7.92. The van der Waals surface area contributed by atoms with Gasteiger partial charge in [0.25, 0.3) is 10.0 Å². The van der Waals surface area contributed by atoms with Gasteiger partial charge in [0.2, 0.25) is 5.91 Å². The van der Waals surface area contributed by atoms with Crippen LogP contribution >= 0.6 is 0 Å². The summed E-state index contributed by atoms with van der Waals surface area (Å²) in [6.45, 7) is -0.723. The number of amides is 1. The second-order valence-electron chi connectivity index (χ2n) is 8.47. The fourth-order valence-corrected chi connectivity index (χ4v) is 5.45. The van der Waals surface area contributed by atoms with Gasteiger partial charge in [-0.2, -0.15) is 13.2 Å². The van der Waals surface area contributed by atoms with Crippen molar-refractivity contribution in [3.63, 3.8) is 0 Å². The Morgan fingerprint density at radius 1 is 0.944 bits per heavy atom. The molecule has 6 nitrogen and oxygen atoms in total. The van der Waals surface area contributed by atoms with E-state index >= 15 is 0 Å². The van der Waals surface area contributed by atoms with E-state index in [9.17, 15) is 26.4 Å². The van der Waals surface area contributed by atoms with Gasteiger partial charge in [0, 0.05) is 5.69 Å². The molecule has 190 valence electrons. The van der Waals surface area contributed by atoms with Crippen molar-refractivity contribution in [2.24, 2.45) is 0 Å². The third kappa shape index (κ3) is 6.17. The van der Waals surface area contributed by atoms with Crippen molar-refractivity contribution in [2.45, 2.75) is 42.9 Å². The SMILES string of the molecule is O=C(CN(c1cccc(C(F)(F)F)c1)S(=O)(=O)c1ccccc1)Nc1ccc(OC2CCCC2)cc1. The molecule has 0 unspecified atom stereocenters. The van der Waals surface area contributed by atoms with Gasteiger partial charge in [-0.1, -0.05) is 24.3 Å². The van der Waals surface area contributed by atoms with Gasteiger partial charge in [0.1, 0.15) is 12.3 Å². The summed E-state index contributed by atoms with van der Waals surface area (Å²) in [7, 11) is -4.34. The Bertz CT molecular complexity index is 1290. The van der Waals surface area contributed by atoms with Crippen LogP contribution in [0.4, 0.5) is 24.5 Å². The third-order valence-electron chi connectivity index (χ3n) is 5.82. The van der Waals surface area contributed by atoms with Crippen LogP contribution in [0.1, 0.15) is 31.2 Å². The minimum Gasteiger partial charge on any atom is -0.490 e. The van der Waals surface area contributed by atoms with Crippen molar-refractivity contribution in [2.75, 3.05) is 16.2 Å². The summed E-state index contributed by atoms with van der Waals surface area (Å²) in [6, 6.07) is 17.8. The summed E-state index contributed by atoms with van der Waals surface area (Å²) in [5, 5.41) is 2.61. The fourth-order valence-electron chi connectivity index (χ4n) is 4.02. The van der Waals surface area contributed by atoms with Crippen LogP contribution in [0.25, 0.3) is 0 Å². The topological polar surface area (TPSA) is 75.7 Å². The molecule has 0 aliphatic heterocycles. The molecule has 0 saturated heterocycles. The molecule has 0 atom stereocenters. The zero-order valence-corrected chi connectivity index (χ0v) is 20.1. The normalized spacial score (nSPS) is 14.4. The Kier molecular flexibility index (Phi) is 7.53. The highest BCUT2D eigenvalue weighted by Gasteiger charge is 2.33. The first-order chi connectivity index (χ1) is 17.1. The number of nitrogens with one attached hydrogen (secondary N) is 1. The van der Waals surface area contributed by atoms with Crippen LogP contribution in [-0.2, 0) is 21.0 Å². The molecular weight excluding hydrogens is 493 g/mol. The zero-order chi connectivity index (χ0) is 25.8. The summed E-state index contributed by atoms with van der Waals surface area (Å²) >= 11 is 0. The second-order valence-corrected chi connectivity index (χ2v) is 10.3. The van der Waals surface area contributed by atoms with Gasteiger partial charge in [0.05, 0.1) is 22.3 Å². The molecule has 1 aliphatic rings. The lowest BCUT2D eigenvalue weighted by atomic mass is 10.2. The Morgan fingerprint density at radius 2 is 1.61 bits per heavy atom. The number of hydrogen-bond acceptors (Lipinski definition) is 4. The average molecular weight is 519 g/mol. The van der Waals surface area contributed by atoms with E-state index in [0.29, 0.717) is 21.8 Å². The molecule has 0 bridgehead atoms. The molecule has 0 radical (unpaired) electrons. The number of alkyl halides is 3. The smallest absolute Gasteiger partial charge is 0.416 e. The highest BCUT2D eigenvalue weighted by atomic mass is 32.2. The lowest BCUT2D eigenvalue weighted by Gasteiger charge is -2.25. The van der Waals surface area contributed by atoms with E-state index in [0.717, 1.165) is 37.8 Å². The number of hydrogen-bond donors (Lipinski definition) is 1. The van der Waals surface area contributed by atoms with Gasteiger partial charge in [-0.3, -0.25) is 9.10 Å². The molecule has 3 aromatic rings. The lowest BCUT2D eigenvalue weighted by Crippen LogP contribution is -2.38. The maximum atomic E-state index is 13.3. The maximum Gasteiger partial charge on any atom is 0.416 e. The van der Waals surface area contributed by atoms with Crippen LogP contribution in [0.3, 0.4) is 0 Å². The third-order valence-corrected chi connectivity index (χ3v) is 7.61. The van der Waals surface area contributed by atoms with E-state index in [2.05, 4.69) is 5.32 Å². The summed E-state index contributed by atoms with van der Waals surface area (Å²) in [6.07, 6.45) is -0.239. The van der Waals surface area contributed by atoms with Crippen LogP contribution < -0.4 is 14.4 Å². The second kappa shape index (κ2) is 10.6. The average Bonchev–Trinajstić information content (AvgIpc) is 3.37. The summed E-state index contributed by atoms with van der Waals surface area (Å²) in [5.74, 6) is -0.0477. The van der Waals surface area contributed by atoms with Crippen molar-refractivity contribution in [1.29, 1.82) is 0 Å². The van der Waals surface area contributed by atoms with Crippen LogP contribution in [0, 0.1) is 0 Å². The van der Waals surface area contributed by atoms with Crippen LogP contribution in [-0.4, -0.2) is 27.0 Å². The Labute approximate surface area is 207 Å². The van der Waals surface area contributed by atoms with Gasteiger partial charge in [-0.05, 0) is 80.3 Å². The van der Waals surface area contributed by atoms with Crippen molar-refractivity contribution in [3.05, 3.63) is 84.4 Å². The Hall–Kier alpha value is -3.53. The molecule has 1 saturated carbocycles. The molecule has 0 spiro atoms. The van der Waals surface area contributed by atoms with Gasteiger partial charge in [-0.15, -0.1) is 0 Å². The van der Waals surface area contributed by atoms with Crippen molar-refractivity contribution in [3.8, 4) is 5.75 Å². The van der Waals surface area contributed by atoms with E-state index in [4.69, 9.17) is 4.74 Å². The first kappa shape index (κ1) is 25.6. The molecule has 10 heteroatoms. The number of halogens is 3. The quantitative estimate of drug-likeness (QED) is 0.405. The van der Waals surface area contributed by atoms with Gasteiger partial charge >= 0.3 is 6.18 Å². The van der Waals surface area contributed by atoms with E-state index in [1.807, 2.05) is 0 Å². The molecule has 1 amide bonds. The zero-order valence-electron chi connectivity index (χ0n) is 19.2. The Morgan fingerprint density at radius 3 is 2.25 bits per heavy atom. The Balaban J connectivity index is 1.56. The number of anilines is 2. The number of rotatable bonds is 8. The molecular formula is C26H25F3N2O4S. The van der Waals surface area contributed by atoms with E-state index < -0.39 is 34.2 Å². The van der Waals surface area contributed by atoms with Crippen LogP contribution in [0.15, 0.2) is 83.8 Å². The molecule has 3 aromatic carbocycles. The standard InChI is InChI=1S/C26H25F3N2O4S/c27-26(28,29)19-7-6-8-21(17-19)31(36(33,34)24-11-2-1-3-12-24)18-25(32)30-20-13-15-23(16-14-20)35-22-9-4-5-10-22/h1-3,6-8,11-17,22H,4-5,9-10,18H2,(H,30,32). The number of nitrogens with zero attached hydrogens (tertiary/aromatic N) is 1. The number of carbonyl (C=O) groups is 1. The number of carbonyl (C=O) groups excluding carboxylic acids is 1. The molecule has 0 heterocycles. The fraction of sp³-hybridized carbons (Fsp3) is 0.269. The highest BCUT2D eigenvalue weighted by Crippen LogP contribution is 2.33. The number of ether oxygens (including phenoxy) is 1. The number of benzene rings is 3. The van der Waals surface area contributed by atoms with Crippen molar-refractivity contribution in [1.82, 2.24) is 0 Å². The molecule has 1 N–H and O–H groups in total. The van der Waals surface area contributed by atoms with Gasteiger partial charge < -0.3 is 10.1 Å². The van der Waals surface area contributed by atoms with Crippen LogP contribution in [0.2, 0.25) is 0 Å². The predicted octanol–water partition coefficient (Wildman–Crippen LogP) is 5.86. The monoisotopic (exact) mass is 518 g/mol. The largest absolute Gasteiger partial charge is 0.490 e. The maximum absolute atomic E-state index is 13.3. The summed E-state index contributed by atoms with van der Waals surface area (Å²) in [4.78, 5) is 12.7. The molecule has 4 rings (SSSR count). The lowest BCUT2D eigenvalue weighted by molar-refractivity contribution is -0.137. The molecule has 36 heavy (non-hydrogen) atoms. The first-order valence-electron chi connectivity index (χ1n) is 11.4. The van der Waals surface area contributed by atoms with E-state index in [1.54, 1.807) is 30.3 Å². The predicted molar refractivity (Wildman–Crippen MR) is 130 cm³/mol. The van der Waals surface area contributed by atoms with Crippen molar-refractivity contribution < 1.29 is 31.1 Å². The summed E-state index contributed by atoms with van der Waals surface area (Å²) in [5.41, 5.74) is -0.893.